The number of allylic oxidation sites excluding steroid dienone is 1. The molecule has 0 atom stereocenters. The zero-order valence-electron chi connectivity index (χ0n) is 10.4. The van der Waals surface area contributed by atoms with Crippen molar-refractivity contribution in [1.29, 1.82) is 0 Å². The van der Waals surface area contributed by atoms with Crippen LogP contribution >= 0.6 is 0 Å². The van der Waals surface area contributed by atoms with E-state index in [0.717, 1.165) is 0 Å². The third kappa shape index (κ3) is 4.38. The van der Waals surface area contributed by atoms with Crippen molar-refractivity contribution in [2.45, 2.75) is 13.1 Å². The molecule has 20 heavy (non-hydrogen) atoms. The fourth-order valence-electron chi connectivity index (χ4n) is 1.12. The molecule has 0 unspecified atom stereocenters. The minimum Gasteiger partial charge on any atom is -0.502 e. The number of alkyl halides is 3. The van der Waals surface area contributed by atoms with E-state index in [1.54, 1.807) is 18.2 Å². The van der Waals surface area contributed by atoms with Crippen LogP contribution in [-0.4, -0.2) is 23.9 Å². The van der Waals surface area contributed by atoms with Gasteiger partial charge in [-0.3, -0.25) is 0 Å². The molecule has 0 amide bonds. The van der Waals surface area contributed by atoms with Crippen LogP contribution < -0.4 is 0 Å². The predicted molar refractivity (Wildman–Crippen MR) is 63.3 cm³/mol. The number of aliphatic hydroxyl groups is 1. The van der Waals surface area contributed by atoms with E-state index in [2.05, 4.69) is 15.0 Å². The van der Waals surface area contributed by atoms with Gasteiger partial charge in [-0.15, -0.1) is 5.11 Å². The SMILES string of the molecule is CCOC(=O)/C(N=Nc1ccccc1)=C(/O)C(F)(F)F. The van der Waals surface area contributed by atoms with Gasteiger partial charge in [0.05, 0.1) is 12.3 Å². The minimum atomic E-state index is -5.11. The minimum absolute atomic E-state index is 0.158. The Hall–Kier alpha value is -2.38. The fourth-order valence-corrected chi connectivity index (χ4v) is 1.12. The highest BCUT2D eigenvalue weighted by molar-refractivity contribution is 5.88. The number of rotatable bonds is 4. The van der Waals surface area contributed by atoms with E-state index in [0.29, 0.717) is 0 Å². The van der Waals surface area contributed by atoms with Crippen molar-refractivity contribution in [1.82, 2.24) is 0 Å². The molecule has 0 aromatic heterocycles. The number of azo groups is 1. The number of carbonyl (C=O) groups excluding carboxylic acids is 1. The van der Waals surface area contributed by atoms with Gasteiger partial charge in [-0.1, -0.05) is 18.2 Å². The molecule has 1 aromatic carbocycles. The monoisotopic (exact) mass is 288 g/mol. The standard InChI is InChI=1S/C12H11F3N2O3/c1-2-20-11(19)9(10(18)12(13,14)15)17-16-8-6-4-3-5-7-8/h3-7,18H,2H2,1H3/b10-9-,17-16?. The van der Waals surface area contributed by atoms with Gasteiger partial charge in [0, 0.05) is 0 Å². The van der Waals surface area contributed by atoms with Crippen LogP contribution in [0.1, 0.15) is 6.92 Å². The van der Waals surface area contributed by atoms with Crippen molar-refractivity contribution in [3.8, 4) is 0 Å². The Morgan fingerprint density at radius 1 is 1.30 bits per heavy atom. The van der Waals surface area contributed by atoms with Crippen molar-refractivity contribution in [3.63, 3.8) is 0 Å². The molecule has 0 bridgehead atoms. The van der Waals surface area contributed by atoms with Crippen molar-refractivity contribution in [2.75, 3.05) is 6.61 Å². The number of ether oxygens (including phenoxy) is 1. The number of carbonyl (C=O) groups is 1. The summed E-state index contributed by atoms with van der Waals surface area (Å²) in [5.41, 5.74) is -1.06. The van der Waals surface area contributed by atoms with Crippen molar-refractivity contribution < 1.29 is 27.8 Å². The maximum Gasteiger partial charge on any atom is 0.451 e. The lowest BCUT2D eigenvalue weighted by Crippen LogP contribution is -2.18. The summed E-state index contributed by atoms with van der Waals surface area (Å²) in [6, 6.07) is 7.79. The summed E-state index contributed by atoms with van der Waals surface area (Å²) in [5.74, 6) is -3.54. The van der Waals surface area contributed by atoms with E-state index in [1.807, 2.05) is 0 Å². The predicted octanol–water partition coefficient (Wildman–Crippen LogP) is 3.67. The number of halogens is 3. The molecule has 108 valence electrons. The molecule has 0 aliphatic heterocycles. The molecular weight excluding hydrogens is 277 g/mol. The molecule has 1 N–H and O–H groups in total. The Morgan fingerprint density at radius 2 is 1.90 bits per heavy atom. The van der Waals surface area contributed by atoms with Gasteiger partial charge < -0.3 is 9.84 Å². The fraction of sp³-hybridized carbons (Fsp3) is 0.250. The van der Waals surface area contributed by atoms with Gasteiger partial charge in [0.25, 0.3) is 0 Å². The first-order chi connectivity index (χ1) is 9.36. The molecule has 0 fully saturated rings. The first kappa shape index (κ1) is 15.7. The van der Waals surface area contributed by atoms with E-state index >= 15 is 0 Å². The molecule has 0 spiro atoms. The molecule has 1 rings (SSSR count). The van der Waals surface area contributed by atoms with Crippen LogP contribution in [0.2, 0.25) is 0 Å². The third-order valence-electron chi connectivity index (χ3n) is 1.98. The van der Waals surface area contributed by atoms with E-state index < -0.39 is 23.6 Å². The number of hydrogen-bond donors (Lipinski definition) is 1. The van der Waals surface area contributed by atoms with Crippen LogP contribution in [0.25, 0.3) is 0 Å². The summed E-state index contributed by atoms with van der Waals surface area (Å²) in [4.78, 5) is 11.4. The Balaban J connectivity index is 3.13. The normalized spacial score (nSPS) is 13.2. The summed E-state index contributed by atoms with van der Waals surface area (Å²) in [6.45, 7) is 1.25. The van der Waals surface area contributed by atoms with Crippen molar-refractivity contribution in [2.24, 2.45) is 10.2 Å². The molecule has 0 radical (unpaired) electrons. The second-order valence-corrected chi connectivity index (χ2v) is 3.45. The second-order valence-electron chi connectivity index (χ2n) is 3.45. The number of hydrogen-bond acceptors (Lipinski definition) is 5. The molecular formula is C12H11F3N2O3. The summed E-state index contributed by atoms with van der Waals surface area (Å²) in [6.07, 6.45) is -5.11. The van der Waals surface area contributed by atoms with E-state index in [9.17, 15) is 18.0 Å². The number of benzene rings is 1. The molecule has 0 saturated carbocycles. The molecule has 0 saturated heterocycles. The van der Waals surface area contributed by atoms with Gasteiger partial charge in [0.2, 0.25) is 11.5 Å². The highest BCUT2D eigenvalue weighted by Gasteiger charge is 2.39. The van der Waals surface area contributed by atoms with Crippen molar-refractivity contribution in [3.05, 3.63) is 41.8 Å². The average molecular weight is 288 g/mol. The Bertz CT molecular complexity index is 524. The first-order valence-corrected chi connectivity index (χ1v) is 5.50. The maximum absolute atomic E-state index is 12.4. The smallest absolute Gasteiger partial charge is 0.451 e. The summed E-state index contributed by atoms with van der Waals surface area (Å²) >= 11 is 0. The molecule has 8 heteroatoms. The molecule has 5 nitrogen and oxygen atoms in total. The average Bonchev–Trinajstić information content (AvgIpc) is 2.39. The van der Waals surface area contributed by atoms with Crippen LogP contribution in [0.5, 0.6) is 0 Å². The van der Waals surface area contributed by atoms with Gasteiger partial charge in [0.1, 0.15) is 0 Å². The Morgan fingerprint density at radius 3 is 2.40 bits per heavy atom. The zero-order chi connectivity index (χ0) is 15.2. The van der Waals surface area contributed by atoms with Gasteiger partial charge >= 0.3 is 12.1 Å². The molecule has 0 aliphatic rings. The van der Waals surface area contributed by atoms with Gasteiger partial charge in [-0.2, -0.15) is 18.3 Å². The van der Waals surface area contributed by atoms with Crippen LogP contribution in [0.3, 0.4) is 0 Å². The third-order valence-corrected chi connectivity index (χ3v) is 1.98. The van der Waals surface area contributed by atoms with Gasteiger partial charge in [0.15, 0.2) is 0 Å². The Kier molecular flexibility index (Phi) is 5.24. The lowest BCUT2D eigenvalue weighted by molar-refractivity contribution is -0.143. The summed E-state index contributed by atoms with van der Waals surface area (Å²) in [7, 11) is 0. The zero-order valence-corrected chi connectivity index (χ0v) is 10.4. The van der Waals surface area contributed by atoms with Gasteiger partial charge in [-0.25, -0.2) is 4.79 Å². The number of aliphatic hydroxyl groups excluding tert-OH is 1. The molecule has 0 heterocycles. The van der Waals surface area contributed by atoms with Crippen LogP contribution in [0.4, 0.5) is 18.9 Å². The van der Waals surface area contributed by atoms with E-state index in [4.69, 9.17) is 5.11 Å². The maximum atomic E-state index is 12.4. The lowest BCUT2D eigenvalue weighted by Gasteiger charge is -2.08. The quantitative estimate of drug-likeness (QED) is 0.397. The van der Waals surface area contributed by atoms with Crippen LogP contribution in [0, 0.1) is 0 Å². The second kappa shape index (κ2) is 6.69. The number of esters is 1. The van der Waals surface area contributed by atoms with Crippen LogP contribution in [0.15, 0.2) is 52.0 Å². The Labute approximate surface area is 112 Å². The van der Waals surface area contributed by atoms with E-state index in [1.165, 1.54) is 19.1 Å². The number of nitrogens with zero attached hydrogens (tertiary/aromatic N) is 2. The topological polar surface area (TPSA) is 71.2 Å². The van der Waals surface area contributed by atoms with E-state index in [-0.39, 0.29) is 12.3 Å². The largest absolute Gasteiger partial charge is 0.502 e. The molecule has 0 aliphatic carbocycles. The summed E-state index contributed by atoms with van der Waals surface area (Å²) in [5, 5.41) is 15.6. The lowest BCUT2D eigenvalue weighted by atomic mass is 10.3. The van der Waals surface area contributed by atoms with Crippen LogP contribution in [-0.2, 0) is 9.53 Å². The van der Waals surface area contributed by atoms with Crippen molar-refractivity contribution >= 4 is 11.7 Å². The summed E-state index contributed by atoms with van der Waals surface area (Å²) < 4.78 is 41.6. The first-order valence-electron chi connectivity index (χ1n) is 5.50. The highest BCUT2D eigenvalue weighted by atomic mass is 19.4. The highest BCUT2D eigenvalue weighted by Crippen LogP contribution is 2.27. The molecule has 1 aromatic rings. The van der Waals surface area contributed by atoms with Gasteiger partial charge in [-0.05, 0) is 19.1 Å².